The lowest BCUT2D eigenvalue weighted by molar-refractivity contribution is -0.127. The van der Waals surface area contributed by atoms with Crippen molar-refractivity contribution in [3.05, 3.63) is 35.6 Å². The van der Waals surface area contributed by atoms with Gasteiger partial charge in [-0.25, -0.2) is 9.97 Å². The molecule has 2 unspecified atom stereocenters. The van der Waals surface area contributed by atoms with Gasteiger partial charge in [-0.3, -0.25) is 4.98 Å². The van der Waals surface area contributed by atoms with Crippen molar-refractivity contribution in [1.82, 2.24) is 19.9 Å². The topological polar surface area (TPSA) is 149 Å². The molecule has 2 atom stereocenters. The summed E-state index contributed by atoms with van der Waals surface area (Å²) in [6.45, 7) is 3.21. The Kier molecular flexibility index (Phi) is 8.69. The number of hydrogen-bond acceptors (Lipinski definition) is 10. The summed E-state index contributed by atoms with van der Waals surface area (Å²) < 4.78 is 43.7. The Bertz CT molecular complexity index is 1110. The van der Waals surface area contributed by atoms with Crippen LogP contribution in [0.15, 0.2) is 22.9 Å². The molecule has 3 aromatic heterocycles. The zero-order valence-corrected chi connectivity index (χ0v) is 20.3. The molecule has 0 amide bonds. The van der Waals surface area contributed by atoms with Gasteiger partial charge in [0.05, 0.1) is 12.6 Å². The van der Waals surface area contributed by atoms with E-state index in [9.17, 15) is 18.3 Å². The number of pyridine rings is 1. The van der Waals surface area contributed by atoms with Gasteiger partial charge in [0.2, 0.25) is 5.95 Å². The van der Waals surface area contributed by atoms with Gasteiger partial charge in [-0.15, -0.1) is 0 Å². The van der Waals surface area contributed by atoms with Crippen LogP contribution in [-0.4, -0.2) is 66.4 Å². The molecule has 10 nitrogen and oxygen atoms in total. The smallest absolute Gasteiger partial charge is 0.405 e. The van der Waals surface area contributed by atoms with Gasteiger partial charge in [-0.05, 0) is 46.0 Å². The number of aryl methyl sites for hydroxylation is 1. The fourth-order valence-electron chi connectivity index (χ4n) is 3.81. The minimum absolute atomic E-state index is 0.0634. The number of alkyl halides is 3. The molecule has 5 N–H and O–H groups in total. The molecular weight excluding hydrogens is 481 g/mol. The van der Waals surface area contributed by atoms with Crippen LogP contribution in [0.3, 0.4) is 0 Å². The molecule has 1 saturated carbocycles. The fraction of sp³-hybridized carbons (Fsp3) is 0.565. The summed E-state index contributed by atoms with van der Waals surface area (Å²) >= 11 is 0. The number of halogens is 3. The second-order valence-electron chi connectivity index (χ2n) is 9.25. The maximum absolute atomic E-state index is 12.6. The van der Waals surface area contributed by atoms with E-state index in [2.05, 4.69) is 30.6 Å². The highest BCUT2D eigenvalue weighted by Crippen LogP contribution is 2.30. The van der Waals surface area contributed by atoms with Gasteiger partial charge in [-0.2, -0.15) is 18.2 Å². The molecule has 13 heteroatoms. The van der Waals surface area contributed by atoms with E-state index >= 15 is 0 Å². The molecule has 0 bridgehead atoms. The molecule has 0 aliphatic heterocycles. The van der Waals surface area contributed by atoms with Crippen molar-refractivity contribution >= 4 is 22.9 Å². The number of aromatic nitrogens is 4. The van der Waals surface area contributed by atoms with Crippen molar-refractivity contribution in [3.63, 3.8) is 0 Å². The Hall–Kier alpha value is -3.03. The summed E-state index contributed by atoms with van der Waals surface area (Å²) in [5.74, 6) is -0.509. The van der Waals surface area contributed by atoms with Crippen molar-refractivity contribution in [2.45, 2.75) is 64.5 Å². The van der Waals surface area contributed by atoms with Crippen molar-refractivity contribution in [2.75, 3.05) is 23.8 Å². The van der Waals surface area contributed by atoms with E-state index in [1.807, 2.05) is 0 Å². The molecule has 0 aromatic carbocycles. The number of fused-ring (bicyclic) bond motifs is 1. The number of nitrogens with one attached hydrogen (secondary N) is 2. The molecule has 4 rings (SSSR count). The molecular formula is C23H31F3N6O4. The lowest BCUT2D eigenvalue weighted by Gasteiger charge is -2.19. The van der Waals surface area contributed by atoms with Gasteiger partial charge in [0.25, 0.3) is 0 Å². The highest BCUT2D eigenvalue weighted by Gasteiger charge is 2.29. The molecule has 0 saturated heterocycles. The van der Waals surface area contributed by atoms with E-state index in [1.165, 1.54) is 13.8 Å². The predicted octanol–water partition coefficient (Wildman–Crippen LogP) is 3.17. The van der Waals surface area contributed by atoms with E-state index in [0.717, 1.165) is 19.3 Å². The Labute approximate surface area is 206 Å². The molecule has 0 radical (unpaired) electrons. The maximum atomic E-state index is 12.6. The number of nitrogens with zero attached hydrogens (tertiary/aromatic N) is 4. The standard InChI is InChI=1S/C20H23F3N6O2.C3H8O2/c1-11-14(7-17-28-15-8-24-5-4-16(15)31-17)18(27-13-3-2-12(6-13)9-30)29-19(26-11)25-10-20(21,22)23;1-3(2,4)5/h4-5,8,12-13,30H,2-3,6-7,9-10H2,1H3,(H2,25,26,27,29);4-5H,1-2H3. The van der Waals surface area contributed by atoms with E-state index in [4.69, 9.17) is 14.6 Å². The molecule has 1 fully saturated rings. The number of hydrogen-bond donors (Lipinski definition) is 5. The van der Waals surface area contributed by atoms with Crippen molar-refractivity contribution in [1.29, 1.82) is 0 Å². The Morgan fingerprint density at radius 1 is 1.14 bits per heavy atom. The van der Waals surface area contributed by atoms with Crippen LogP contribution in [0, 0.1) is 12.8 Å². The molecule has 36 heavy (non-hydrogen) atoms. The Balaban J connectivity index is 0.000000658. The van der Waals surface area contributed by atoms with Gasteiger partial charge >= 0.3 is 6.18 Å². The van der Waals surface area contributed by atoms with Crippen LogP contribution in [0.5, 0.6) is 0 Å². The average molecular weight is 513 g/mol. The summed E-state index contributed by atoms with van der Waals surface area (Å²) in [5, 5.41) is 31.1. The quantitative estimate of drug-likeness (QED) is 0.299. The van der Waals surface area contributed by atoms with Gasteiger partial charge in [0, 0.05) is 36.2 Å². The number of aliphatic hydroxyl groups is 3. The van der Waals surface area contributed by atoms with Crippen LogP contribution in [0.4, 0.5) is 24.9 Å². The zero-order valence-electron chi connectivity index (χ0n) is 20.3. The SMILES string of the molecule is CC(C)(O)O.Cc1nc(NCC(F)(F)F)nc(NC2CCC(CO)C2)c1Cc1nc2cnccc2o1. The van der Waals surface area contributed by atoms with E-state index in [1.54, 1.807) is 25.4 Å². The largest absolute Gasteiger partial charge is 0.440 e. The Morgan fingerprint density at radius 2 is 1.86 bits per heavy atom. The molecule has 198 valence electrons. The van der Waals surface area contributed by atoms with Gasteiger partial charge in [0.15, 0.2) is 17.3 Å². The first-order chi connectivity index (χ1) is 16.8. The highest BCUT2D eigenvalue weighted by atomic mass is 19.4. The van der Waals surface area contributed by atoms with Crippen molar-refractivity contribution in [3.8, 4) is 0 Å². The number of aliphatic hydroxyl groups excluding tert-OH is 1. The van der Waals surface area contributed by atoms with E-state index in [0.29, 0.717) is 34.1 Å². The van der Waals surface area contributed by atoms with Crippen LogP contribution in [0.25, 0.3) is 11.1 Å². The summed E-state index contributed by atoms with van der Waals surface area (Å²) in [4.78, 5) is 17.0. The number of anilines is 2. The first-order valence-corrected chi connectivity index (χ1v) is 11.5. The monoisotopic (exact) mass is 512 g/mol. The first-order valence-electron chi connectivity index (χ1n) is 11.5. The van der Waals surface area contributed by atoms with Gasteiger partial charge in [0.1, 0.15) is 17.9 Å². The molecule has 1 aliphatic carbocycles. The van der Waals surface area contributed by atoms with Gasteiger partial charge < -0.3 is 30.4 Å². The second kappa shape index (κ2) is 11.4. The molecule has 0 spiro atoms. The molecule has 3 aromatic rings. The second-order valence-corrected chi connectivity index (χ2v) is 9.25. The minimum Gasteiger partial charge on any atom is -0.440 e. The van der Waals surface area contributed by atoms with Crippen LogP contribution >= 0.6 is 0 Å². The van der Waals surface area contributed by atoms with Crippen LogP contribution in [0.1, 0.15) is 50.3 Å². The first kappa shape index (κ1) is 27.6. The molecule has 1 aliphatic rings. The molecule has 3 heterocycles. The van der Waals surface area contributed by atoms with Crippen LogP contribution < -0.4 is 10.6 Å². The third-order valence-electron chi connectivity index (χ3n) is 5.36. The van der Waals surface area contributed by atoms with E-state index < -0.39 is 18.5 Å². The normalized spacial score (nSPS) is 18.1. The third kappa shape index (κ3) is 8.57. The zero-order chi connectivity index (χ0) is 26.5. The van der Waals surface area contributed by atoms with Crippen LogP contribution in [-0.2, 0) is 6.42 Å². The summed E-state index contributed by atoms with van der Waals surface area (Å²) in [5.41, 5.74) is 2.45. The summed E-state index contributed by atoms with van der Waals surface area (Å²) in [7, 11) is 0. The summed E-state index contributed by atoms with van der Waals surface area (Å²) in [6.07, 6.45) is 1.59. The highest BCUT2D eigenvalue weighted by molar-refractivity contribution is 5.71. The Morgan fingerprint density at radius 3 is 2.47 bits per heavy atom. The van der Waals surface area contributed by atoms with Crippen molar-refractivity contribution in [2.24, 2.45) is 5.92 Å². The lowest BCUT2D eigenvalue weighted by atomic mass is 10.1. The number of oxazole rings is 1. The summed E-state index contributed by atoms with van der Waals surface area (Å²) in [6, 6.07) is 1.78. The van der Waals surface area contributed by atoms with Crippen molar-refractivity contribution < 1.29 is 32.9 Å². The average Bonchev–Trinajstić information content (AvgIpc) is 3.39. The maximum Gasteiger partial charge on any atom is 0.405 e. The van der Waals surface area contributed by atoms with Crippen LogP contribution in [0.2, 0.25) is 0 Å². The lowest BCUT2D eigenvalue weighted by Crippen LogP contribution is -2.24. The van der Waals surface area contributed by atoms with E-state index in [-0.39, 0.29) is 30.9 Å². The number of rotatable bonds is 7. The third-order valence-corrected chi connectivity index (χ3v) is 5.36. The van der Waals surface area contributed by atoms with Gasteiger partial charge in [-0.1, -0.05) is 0 Å². The fourth-order valence-corrected chi connectivity index (χ4v) is 3.81. The minimum atomic E-state index is -4.38. The predicted molar refractivity (Wildman–Crippen MR) is 126 cm³/mol.